The van der Waals surface area contributed by atoms with Crippen LogP contribution < -0.4 is 5.32 Å². The summed E-state index contributed by atoms with van der Waals surface area (Å²) >= 11 is 0. The molecule has 0 saturated heterocycles. The van der Waals surface area contributed by atoms with Gasteiger partial charge in [0.2, 0.25) is 5.91 Å². The third-order valence-electron chi connectivity index (χ3n) is 1.88. The molecule has 0 unspecified atom stereocenters. The van der Waals surface area contributed by atoms with Crippen molar-refractivity contribution < 1.29 is 9.59 Å². The van der Waals surface area contributed by atoms with Gasteiger partial charge in [-0.1, -0.05) is 6.08 Å². The van der Waals surface area contributed by atoms with Crippen LogP contribution in [0.2, 0.25) is 0 Å². The molecule has 0 aliphatic heterocycles. The Morgan fingerprint density at radius 2 is 2.25 bits per heavy atom. The van der Waals surface area contributed by atoms with Crippen molar-refractivity contribution >= 4 is 17.9 Å². The van der Waals surface area contributed by atoms with E-state index in [-0.39, 0.29) is 11.5 Å². The third kappa shape index (κ3) is 2.79. The third-order valence-corrected chi connectivity index (χ3v) is 1.88. The maximum atomic E-state index is 11.3. The van der Waals surface area contributed by atoms with E-state index < -0.39 is 0 Å². The lowest BCUT2D eigenvalue weighted by molar-refractivity contribution is -0.111. The number of nitrogens with zero attached hydrogens (tertiary/aromatic N) is 1. The number of aldehydes is 1. The highest BCUT2D eigenvalue weighted by Gasteiger charge is 2.05. The highest BCUT2D eigenvalue weighted by Crippen LogP contribution is 2.15. The number of allylic oxidation sites excluding steroid dienone is 1. The first-order valence-corrected chi connectivity index (χ1v) is 4.64. The summed E-state index contributed by atoms with van der Waals surface area (Å²) in [7, 11) is 0. The number of anilines is 1. The van der Waals surface area contributed by atoms with Crippen molar-refractivity contribution in [2.75, 3.05) is 5.32 Å². The minimum Gasteiger partial charge on any atom is -0.322 e. The predicted molar refractivity (Wildman–Crippen MR) is 60.0 cm³/mol. The number of nitriles is 1. The van der Waals surface area contributed by atoms with Crippen LogP contribution >= 0.6 is 0 Å². The number of carbonyl (C=O) groups is 2. The fourth-order valence-electron chi connectivity index (χ4n) is 1.17. The molecule has 0 saturated carbocycles. The van der Waals surface area contributed by atoms with E-state index in [4.69, 9.17) is 5.26 Å². The smallest absolute Gasteiger partial charge is 0.248 e. The molecule has 0 atom stereocenters. The van der Waals surface area contributed by atoms with E-state index in [1.54, 1.807) is 13.0 Å². The molecule has 1 N–H and O–H groups in total. The fourth-order valence-corrected chi connectivity index (χ4v) is 1.17. The highest BCUT2D eigenvalue weighted by atomic mass is 16.1. The van der Waals surface area contributed by atoms with Gasteiger partial charge >= 0.3 is 0 Å². The van der Waals surface area contributed by atoms with Crippen molar-refractivity contribution in [2.24, 2.45) is 0 Å². The Balaban J connectivity index is 3.01. The summed E-state index contributed by atoms with van der Waals surface area (Å²) in [5, 5.41) is 11.2. The molecule has 80 valence electrons. The number of carbonyl (C=O) groups excluding carboxylic acids is 2. The van der Waals surface area contributed by atoms with Crippen molar-refractivity contribution in [3.05, 3.63) is 41.5 Å². The molecule has 0 aliphatic rings. The largest absolute Gasteiger partial charge is 0.322 e. The second-order valence-corrected chi connectivity index (χ2v) is 3.02. The number of nitrogens with one attached hydrogen (secondary N) is 1. The summed E-state index contributed by atoms with van der Waals surface area (Å²) in [6, 6.07) is 6.42. The minimum atomic E-state index is -0.310. The van der Waals surface area contributed by atoms with E-state index in [9.17, 15) is 9.59 Å². The van der Waals surface area contributed by atoms with Crippen LogP contribution in [0.25, 0.3) is 0 Å². The minimum absolute atomic E-state index is 0.289. The van der Waals surface area contributed by atoms with Gasteiger partial charge in [-0.25, -0.2) is 0 Å². The van der Waals surface area contributed by atoms with Crippen LogP contribution in [-0.2, 0) is 4.79 Å². The Hall–Kier alpha value is -2.41. The van der Waals surface area contributed by atoms with Gasteiger partial charge in [-0.15, -0.1) is 0 Å². The zero-order valence-corrected chi connectivity index (χ0v) is 8.73. The van der Waals surface area contributed by atoms with Crippen molar-refractivity contribution in [3.8, 4) is 6.07 Å². The van der Waals surface area contributed by atoms with Gasteiger partial charge in [0.05, 0.1) is 17.3 Å². The van der Waals surface area contributed by atoms with Crippen molar-refractivity contribution in [1.29, 1.82) is 5.26 Å². The fraction of sp³-hybridized carbons (Fsp3) is 0.0833. The molecular formula is C12H10N2O2. The Morgan fingerprint density at radius 3 is 2.81 bits per heavy atom. The summed E-state index contributed by atoms with van der Waals surface area (Å²) in [5.74, 6) is -0.310. The molecule has 1 rings (SSSR count). The van der Waals surface area contributed by atoms with Gasteiger partial charge in [0, 0.05) is 5.56 Å². The Labute approximate surface area is 93.2 Å². The van der Waals surface area contributed by atoms with Crippen LogP contribution in [0.4, 0.5) is 5.69 Å². The second-order valence-electron chi connectivity index (χ2n) is 3.02. The van der Waals surface area contributed by atoms with Gasteiger partial charge in [-0.2, -0.15) is 5.26 Å². The molecule has 0 aromatic heterocycles. The standard InChI is InChI=1S/C12H10N2O2/c1-2-3-12(16)14-11-5-4-9(7-13)6-10(11)8-15/h2-6,8H,1H3,(H,14,16)/b3-2+. The molecule has 4 nitrogen and oxygen atoms in total. The van der Waals surface area contributed by atoms with E-state index in [1.807, 2.05) is 6.07 Å². The van der Waals surface area contributed by atoms with E-state index in [0.29, 0.717) is 17.5 Å². The molecule has 0 spiro atoms. The van der Waals surface area contributed by atoms with Gasteiger partial charge in [-0.05, 0) is 31.2 Å². The Kier molecular flexibility index (Phi) is 3.98. The highest BCUT2D eigenvalue weighted by molar-refractivity contribution is 6.02. The molecule has 0 heterocycles. The molecule has 1 aromatic rings. The van der Waals surface area contributed by atoms with Crippen molar-refractivity contribution in [3.63, 3.8) is 0 Å². The molecular weight excluding hydrogens is 204 g/mol. The van der Waals surface area contributed by atoms with Gasteiger partial charge < -0.3 is 5.32 Å². The maximum Gasteiger partial charge on any atom is 0.248 e. The number of hydrogen-bond acceptors (Lipinski definition) is 3. The van der Waals surface area contributed by atoms with Crippen LogP contribution in [-0.4, -0.2) is 12.2 Å². The van der Waals surface area contributed by atoms with E-state index in [2.05, 4.69) is 5.32 Å². The van der Waals surface area contributed by atoms with E-state index in [0.717, 1.165) is 0 Å². The van der Waals surface area contributed by atoms with Gasteiger partial charge in [-0.3, -0.25) is 9.59 Å². The van der Waals surface area contributed by atoms with Crippen molar-refractivity contribution in [2.45, 2.75) is 6.92 Å². The monoisotopic (exact) mass is 214 g/mol. The van der Waals surface area contributed by atoms with Crippen LogP contribution in [0, 0.1) is 11.3 Å². The lowest BCUT2D eigenvalue weighted by atomic mass is 10.1. The summed E-state index contributed by atoms with van der Waals surface area (Å²) < 4.78 is 0. The molecule has 1 aromatic carbocycles. The molecule has 0 bridgehead atoms. The number of hydrogen-bond donors (Lipinski definition) is 1. The zero-order chi connectivity index (χ0) is 12.0. The average Bonchev–Trinajstić information content (AvgIpc) is 2.30. The second kappa shape index (κ2) is 5.47. The first-order valence-electron chi connectivity index (χ1n) is 4.64. The Morgan fingerprint density at radius 1 is 1.50 bits per heavy atom. The normalized spacial score (nSPS) is 9.75. The summed E-state index contributed by atoms with van der Waals surface area (Å²) in [4.78, 5) is 22.0. The molecule has 0 aliphatic carbocycles. The van der Waals surface area contributed by atoms with Crippen LogP contribution in [0.5, 0.6) is 0 Å². The quantitative estimate of drug-likeness (QED) is 0.617. The molecule has 0 radical (unpaired) electrons. The Bertz CT molecular complexity index is 484. The molecule has 16 heavy (non-hydrogen) atoms. The van der Waals surface area contributed by atoms with Crippen LogP contribution in [0.3, 0.4) is 0 Å². The maximum absolute atomic E-state index is 11.3. The summed E-state index contributed by atoms with van der Waals surface area (Å²) in [6.07, 6.45) is 3.55. The summed E-state index contributed by atoms with van der Waals surface area (Å²) in [6.45, 7) is 1.72. The van der Waals surface area contributed by atoms with E-state index in [1.165, 1.54) is 24.3 Å². The van der Waals surface area contributed by atoms with E-state index >= 15 is 0 Å². The van der Waals surface area contributed by atoms with Crippen LogP contribution in [0.1, 0.15) is 22.8 Å². The first kappa shape index (κ1) is 11.7. The van der Waals surface area contributed by atoms with Crippen molar-refractivity contribution in [1.82, 2.24) is 0 Å². The first-order chi connectivity index (χ1) is 7.71. The van der Waals surface area contributed by atoms with Gasteiger partial charge in [0.25, 0.3) is 0 Å². The number of amides is 1. The number of benzene rings is 1. The van der Waals surface area contributed by atoms with Gasteiger partial charge in [0.1, 0.15) is 0 Å². The predicted octanol–water partition coefficient (Wildman–Crippen LogP) is 1.89. The number of rotatable bonds is 3. The van der Waals surface area contributed by atoms with Crippen LogP contribution in [0.15, 0.2) is 30.4 Å². The lowest BCUT2D eigenvalue weighted by Crippen LogP contribution is -2.09. The molecule has 0 fully saturated rings. The van der Waals surface area contributed by atoms with Gasteiger partial charge in [0.15, 0.2) is 6.29 Å². The zero-order valence-electron chi connectivity index (χ0n) is 8.73. The molecule has 4 heteroatoms. The topological polar surface area (TPSA) is 70.0 Å². The molecule has 1 amide bonds. The SMILES string of the molecule is C/C=C/C(=O)Nc1ccc(C#N)cc1C=O. The lowest BCUT2D eigenvalue weighted by Gasteiger charge is -2.05. The average molecular weight is 214 g/mol. The summed E-state index contributed by atoms with van der Waals surface area (Å²) in [5.41, 5.74) is 1.07.